The summed E-state index contributed by atoms with van der Waals surface area (Å²) in [5.41, 5.74) is 7.18. The van der Waals surface area contributed by atoms with E-state index in [0.29, 0.717) is 16.9 Å². The fourth-order valence-electron chi connectivity index (χ4n) is 2.29. The largest absolute Gasteiger partial charge is 0.398 e. The van der Waals surface area contributed by atoms with Gasteiger partial charge in [0.1, 0.15) is 5.01 Å². The molecule has 1 aromatic carbocycles. The number of rotatable bonds is 4. The second-order valence-electron chi connectivity index (χ2n) is 4.70. The molecule has 6 heteroatoms. The van der Waals surface area contributed by atoms with E-state index in [1.807, 2.05) is 18.4 Å². The number of nitrogen functional groups attached to an aromatic ring is 1. The van der Waals surface area contributed by atoms with Crippen LogP contribution in [0.15, 0.2) is 36.0 Å². The van der Waals surface area contributed by atoms with Gasteiger partial charge < -0.3 is 11.1 Å². The highest BCUT2D eigenvalue weighted by Gasteiger charge is 2.17. The highest BCUT2D eigenvalue weighted by Crippen LogP contribution is 2.33. The minimum absolute atomic E-state index is 0.0478. The van der Waals surface area contributed by atoms with Crippen molar-refractivity contribution in [3.05, 3.63) is 46.8 Å². The number of pyridine rings is 1. The first-order chi connectivity index (χ1) is 10.2. The highest BCUT2D eigenvalue weighted by molar-refractivity contribution is 7.09. The Kier molecular flexibility index (Phi) is 3.70. The first-order valence-corrected chi connectivity index (χ1v) is 7.57. The molecule has 0 saturated carbocycles. The number of benzene rings is 1. The molecule has 0 saturated heterocycles. The molecule has 1 atom stereocenters. The number of nitrogens with zero attached hydrogens (tertiary/aromatic N) is 2. The van der Waals surface area contributed by atoms with Crippen LogP contribution in [0.5, 0.6) is 0 Å². The number of aromatic nitrogens is 2. The number of hydrogen-bond donors (Lipinski definition) is 2. The molecule has 3 N–H and O–H groups in total. The van der Waals surface area contributed by atoms with Gasteiger partial charge in [-0.1, -0.05) is 6.92 Å². The van der Waals surface area contributed by atoms with Gasteiger partial charge in [-0.2, -0.15) is 0 Å². The lowest BCUT2D eigenvalue weighted by Gasteiger charge is -2.18. The maximum absolute atomic E-state index is 14.3. The van der Waals surface area contributed by atoms with Gasteiger partial charge in [-0.15, -0.1) is 11.3 Å². The molecule has 2 aromatic heterocycles. The molecule has 0 bridgehead atoms. The number of nitrogens with one attached hydrogen (secondary N) is 1. The first-order valence-electron chi connectivity index (χ1n) is 6.69. The lowest BCUT2D eigenvalue weighted by atomic mass is 10.1. The van der Waals surface area contributed by atoms with Crippen LogP contribution in [0.4, 0.5) is 15.8 Å². The summed E-state index contributed by atoms with van der Waals surface area (Å²) in [5, 5.41) is 6.81. The number of hydrogen-bond acceptors (Lipinski definition) is 5. The predicted octanol–water partition coefficient (Wildman–Crippen LogP) is 3.98. The fraction of sp³-hybridized carbons (Fsp3) is 0.200. The molecule has 0 spiro atoms. The number of halogens is 1. The van der Waals surface area contributed by atoms with Gasteiger partial charge >= 0.3 is 0 Å². The summed E-state index contributed by atoms with van der Waals surface area (Å²) in [7, 11) is 0. The Bertz CT molecular complexity index is 758. The van der Waals surface area contributed by atoms with Gasteiger partial charge in [0.05, 0.1) is 17.2 Å². The molecule has 0 radical (unpaired) electrons. The van der Waals surface area contributed by atoms with Crippen LogP contribution in [-0.4, -0.2) is 9.97 Å². The summed E-state index contributed by atoms with van der Waals surface area (Å²) < 4.78 is 14.3. The topological polar surface area (TPSA) is 63.8 Å². The third-order valence-electron chi connectivity index (χ3n) is 3.35. The van der Waals surface area contributed by atoms with E-state index in [4.69, 9.17) is 5.73 Å². The van der Waals surface area contributed by atoms with Crippen molar-refractivity contribution in [1.29, 1.82) is 0 Å². The SMILES string of the molecule is CCC(Nc1c(F)cc(N)c2cccnc12)c1nccs1. The van der Waals surface area contributed by atoms with Gasteiger partial charge in [-0.3, -0.25) is 4.98 Å². The minimum atomic E-state index is -0.395. The van der Waals surface area contributed by atoms with Gasteiger partial charge in [0.25, 0.3) is 0 Å². The van der Waals surface area contributed by atoms with Crippen molar-refractivity contribution in [3.63, 3.8) is 0 Å². The van der Waals surface area contributed by atoms with Crippen LogP contribution in [-0.2, 0) is 0 Å². The molecule has 0 aliphatic carbocycles. The third kappa shape index (κ3) is 2.54. The third-order valence-corrected chi connectivity index (χ3v) is 4.24. The van der Waals surface area contributed by atoms with Gasteiger partial charge in [0.2, 0.25) is 0 Å². The van der Waals surface area contributed by atoms with Crippen LogP contribution < -0.4 is 11.1 Å². The summed E-state index contributed by atoms with van der Waals surface area (Å²) in [4.78, 5) is 8.57. The summed E-state index contributed by atoms with van der Waals surface area (Å²) >= 11 is 1.55. The summed E-state index contributed by atoms with van der Waals surface area (Å²) in [5.74, 6) is -0.395. The number of anilines is 2. The molecule has 21 heavy (non-hydrogen) atoms. The Balaban J connectivity index is 2.08. The van der Waals surface area contributed by atoms with E-state index in [1.54, 1.807) is 29.8 Å². The Morgan fingerprint density at radius 1 is 1.38 bits per heavy atom. The van der Waals surface area contributed by atoms with E-state index >= 15 is 0 Å². The van der Waals surface area contributed by atoms with Crippen LogP contribution >= 0.6 is 11.3 Å². The molecular formula is C15H15FN4S. The molecule has 0 aliphatic heterocycles. The van der Waals surface area contributed by atoms with Crippen molar-refractivity contribution in [2.24, 2.45) is 0 Å². The second-order valence-corrected chi connectivity index (χ2v) is 5.62. The quantitative estimate of drug-likeness (QED) is 0.716. The zero-order valence-electron chi connectivity index (χ0n) is 11.5. The highest BCUT2D eigenvalue weighted by atomic mass is 32.1. The standard InChI is InChI=1S/C15H15FN4S/c1-2-12(15-19-6-7-21-15)20-14-10(16)8-11(17)9-4-3-5-18-13(9)14/h3-8,12,20H,2,17H2,1H3. The normalized spacial score (nSPS) is 12.5. The number of thiazole rings is 1. The lowest BCUT2D eigenvalue weighted by molar-refractivity contribution is 0.625. The monoisotopic (exact) mass is 302 g/mol. The van der Waals surface area contributed by atoms with Crippen molar-refractivity contribution in [2.45, 2.75) is 19.4 Å². The van der Waals surface area contributed by atoms with Crippen LogP contribution in [0, 0.1) is 5.82 Å². The Labute approximate surface area is 125 Å². The van der Waals surface area contributed by atoms with Crippen molar-refractivity contribution in [1.82, 2.24) is 9.97 Å². The maximum atomic E-state index is 14.3. The Morgan fingerprint density at radius 2 is 2.24 bits per heavy atom. The first kappa shape index (κ1) is 13.8. The van der Waals surface area contributed by atoms with Crippen molar-refractivity contribution in [3.8, 4) is 0 Å². The molecular weight excluding hydrogens is 287 g/mol. The van der Waals surface area contributed by atoms with Gasteiger partial charge in [0, 0.05) is 28.8 Å². The smallest absolute Gasteiger partial charge is 0.150 e. The van der Waals surface area contributed by atoms with E-state index in [-0.39, 0.29) is 6.04 Å². The average molecular weight is 302 g/mol. The van der Waals surface area contributed by atoms with Crippen LogP contribution in [0.3, 0.4) is 0 Å². The summed E-state index contributed by atoms with van der Waals surface area (Å²) in [6.07, 6.45) is 4.18. The van der Waals surface area contributed by atoms with Gasteiger partial charge in [-0.25, -0.2) is 9.37 Å². The lowest BCUT2D eigenvalue weighted by Crippen LogP contribution is -2.11. The van der Waals surface area contributed by atoms with Crippen molar-refractivity contribution >= 4 is 33.6 Å². The molecule has 0 amide bonds. The number of nitrogens with two attached hydrogens (primary N) is 1. The summed E-state index contributed by atoms with van der Waals surface area (Å²) in [6, 6.07) is 4.92. The van der Waals surface area contributed by atoms with E-state index in [9.17, 15) is 4.39 Å². The fourth-order valence-corrected chi connectivity index (χ4v) is 3.07. The van der Waals surface area contributed by atoms with Gasteiger partial charge in [0.15, 0.2) is 5.82 Å². The number of fused-ring (bicyclic) bond motifs is 1. The van der Waals surface area contributed by atoms with Crippen LogP contribution in [0.1, 0.15) is 24.4 Å². The molecule has 108 valence electrons. The van der Waals surface area contributed by atoms with Gasteiger partial charge in [-0.05, 0) is 24.6 Å². The zero-order valence-corrected chi connectivity index (χ0v) is 12.3. The second kappa shape index (κ2) is 5.65. The molecule has 0 fully saturated rings. The molecule has 2 heterocycles. The Hall–Kier alpha value is -2.21. The maximum Gasteiger partial charge on any atom is 0.150 e. The van der Waals surface area contributed by atoms with Crippen LogP contribution in [0.2, 0.25) is 0 Å². The molecule has 3 aromatic rings. The minimum Gasteiger partial charge on any atom is -0.398 e. The van der Waals surface area contributed by atoms with E-state index in [2.05, 4.69) is 15.3 Å². The molecule has 4 nitrogen and oxygen atoms in total. The average Bonchev–Trinajstić information content (AvgIpc) is 3.01. The van der Waals surface area contributed by atoms with Crippen LogP contribution in [0.25, 0.3) is 10.9 Å². The molecule has 1 unspecified atom stereocenters. The van der Waals surface area contributed by atoms with Crippen molar-refractivity contribution < 1.29 is 4.39 Å². The molecule has 3 rings (SSSR count). The predicted molar refractivity (Wildman–Crippen MR) is 84.9 cm³/mol. The molecule has 0 aliphatic rings. The summed E-state index contributed by atoms with van der Waals surface area (Å²) in [6.45, 7) is 2.03. The van der Waals surface area contributed by atoms with E-state index in [1.165, 1.54) is 6.07 Å². The van der Waals surface area contributed by atoms with Crippen molar-refractivity contribution in [2.75, 3.05) is 11.1 Å². The zero-order chi connectivity index (χ0) is 14.8. The van der Waals surface area contributed by atoms with E-state index in [0.717, 1.165) is 16.8 Å². The Morgan fingerprint density at radius 3 is 2.95 bits per heavy atom. The van der Waals surface area contributed by atoms with E-state index < -0.39 is 5.82 Å².